The molecule has 130 valence electrons. The fourth-order valence-electron chi connectivity index (χ4n) is 3.09. The second kappa shape index (κ2) is 8.26. The number of para-hydroxylation sites is 1. The van der Waals surface area contributed by atoms with Crippen LogP contribution < -0.4 is 4.90 Å². The van der Waals surface area contributed by atoms with E-state index in [9.17, 15) is 5.11 Å². The van der Waals surface area contributed by atoms with E-state index in [4.69, 9.17) is 9.26 Å². The van der Waals surface area contributed by atoms with E-state index in [1.807, 2.05) is 30.3 Å². The van der Waals surface area contributed by atoms with Gasteiger partial charge in [0.25, 0.3) is 0 Å². The van der Waals surface area contributed by atoms with E-state index in [0.29, 0.717) is 24.2 Å². The van der Waals surface area contributed by atoms with Crippen molar-refractivity contribution in [3.05, 3.63) is 42.0 Å². The summed E-state index contributed by atoms with van der Waals surface area (Å²) in [6.07, 6.45) is 2.70. The van der Waals surface area contributed by atoms with Gasteiger partial charge in [0.05, 0.1) is 19.2 Å². The van der Waals surface area contributed by atoms with Gasteiger partial charge >= 0.3 is 0 Å². The molecule has 2 heterocycles. The van der Waals surface area contributed by atoms with Crippen molar-refractivity contribution in [1.82, 2.24) is 10.1 Å². The number of hydrogen-bond acceptors (Lipinski definition) is 6. The SMILES string of the molecule is CCC(CO)N(Cc1noc(C2CCOCC2)n1)c1ccccc1. The summed E-state index contributed by atoms with van der Waals surface area (Å²) in [4.78, 5) is 6.73. The van der Waals surface area contributed by atoms with Crippen molar-refractivity contribution < 1.29 is 14.4 Å². The third-order valence-corrected chi connectivity index (χ3v) is 4.58. The van der Waals surface area contributed by atoms with Crippen LogP contribution in [0.2, 0.25) is 0 Å². The van der Waals surface area contributed by atoms with Gasteiger partial charge < -0.3 is 19.3 Å². The summed E-state index contributed by atoms with van der Waals surface area (Å²) in [6, 6.07) is 10.1. The smallest absolute Gasteiger partial charge is 0.229 e. The number of ether oxygens (including phenoxy) is 1. The highest BCUT2D eigenvalue weighted by atomic mass is 16.5. The molecule has 6 heteroatoms. The van der Waals surface area contributed by atoms with Crippen molar-refractivity contribution in [2.24, 2.45) is 0 Å². The summed E-state index contributed by atoms with van der Waals surface area (Å²) in [5, 5.41) is 13.9. The van der Waals surface area contributed by atoms with Crippen LogP contribution in [0.25, 0.3) is 0 Å². The molecule has 0 aliphatic carbocycles. The maximum Gasteiger partial charge on any atom is 0.229 e. The Hall–Kier alpha value is -1.92. The van der Waals surface area contributed by atoms with E-state index in [1.54, 1.807) is 0 Å². The molecule has 3 rings (SSSR count). The molecule has 6 nitrogen and oxygen atoms in total. The van der Waals surface area contributed by atoms with Crippen molar-refractivity contribution in [3.8, 4) is 0 Å². The number of aliphatic hydroxyl groups is 1. The Morgan fingerprint density at radius 3 is 2.67 bits per heavy atom. The van der Waals surface area contributed by atoms with Crippen LogP contribution in [-0.4, -0.2) is 41.1 Å². The molecule has 1 N–H and O–H groups in total. The van der Waals surface area contributed by atoms with Gasteiger partial charge in [-0.2, -0.15) is 4.98 Å². The van der Waals surface area contributed by atoms with E-state index in [0.717, 1.165) is 38.2 Å². The molecule has 1 aliphatic heterocycles. The number of hydrogen-bond donors (Lipinski definition) is 1. The summed E-state index contributed by atoms with van der Waals surface area (Å²) in [5.41, 5.74) is 1.05. The minimum Gasteiger partial charge on any atom is -0.394 e. The lowest BCUT2D eigenvalue weighted by atomic mass is 10.0. The van der Waals surface area contributed by atoms with Crippen molar-refractivity contribution in [2.75, 3.05) is 24.7 Å². The van der Waals surface area contributed by atoms with Gasteiger partial charge in [0.2, 0.25) is 5.89 Å². The average molecular weight is 331 g/mol. The van der Waals surface area contributed by atoms with Gasteiger partial charge in [-0.25, -0.2) is 0 Å². The number of anilines is 1. The molecule has 1 aromatic carbocycles. The third-order valence-electron chi connectivity index (χ3n) is 4.58. The number of nitrogens with zero attached hydrogens (tertiary/aromatic N) is 3. The maximum atomic E-state index is 9.73. The predicted octanol–water partition coefficient (Wildman–Crippen LogP) is 2.74. The molecule has 2 aromatic rings. The lowest BCUT2D eigenvalue weighted by Gasteiger charge is -2.30. The normalized spacial score (nSPS) is 16.9. The average Bonchev–Trinajstić information content (AvgIpc) is 3.12. The Morgan fingerprint density at radius 2 is 2.00 bits per heavy atom. The number of aliphatic hydroxyl groups excluding tert-OH is 1. The molecule has 0 saturated carbocycles. The molecule has 0 radical (unpaired) electrons. The summed E-state index contributed by atoms with van der Waals surface area (Å²) in [6.45, 7) is 4.19. The molecule has 0 bridgehead atoms. The van der Waals surface area contributed by atoms with E-state index in [2.05, 4.69) is 22.0 Å². The minimum absolute atomic E-state index is 0.0254. The lowest BCUT2D eigenvalue weighted by Crippen LogP contribution is -2.37. The van der Waals surface area contributed by atoms with E-state index >= 15 is 0 Å². The topological polar surface area (TPSA) is 71.6 Å². The van der Waals surface area contributed by atoms with Gasteiger partial charge in [0.1, 0.15) is 0 Å². The Bertz CT molecular complexity index is 607. The van der Waals surface area contributed by atoms with E-state index < -0.39 is 0 Å². The van der Waals surface area contributed by atoms with Crippen molar-refractivity contribution in [2.45, 2.75) is 44.7 Å². The quantitative estimate of drug-likeness (QED) is 0.841. The van der Waals surface area contributed by atoms with Crippen LogP contribution >= 0.6 is 0 Å². The highest BCUT2D eigenvalue weighted by Crippen LogP contribution is 2.26. The predicted molar refractivity (Wildman–Crippen MR) is 90.9 cm³/mol. The number of aromatic nitrogens is 2. The van der Waals surface area contributed by atoms with Crippen LogP contribution in [0.3, 0.4) is 0 Å². The maximum absolute atomic E-state index is 9.73. The van der Waals surface area contributed by atoms with Crippen LogP contribution in [0.5, 0.6) is 0 Å². The molecular weight excluding hydrogens is 306 g/mol. The minimum atomic E-state index is 0.0254. The zero-order valence-electron chi connectivity index (χ0n) is 14.1. The second-order valence-corrected chi connectivity index (χ2v) is 6.14. The zero-order chi connectivity index (χ0) is 16.8. The van der Waals surface area contributed by atoms with Gasteiger partial charge in [-0.15, -0.1) is 0 Å². The van der Waals surface area contributed by atoms with Crippen molar-refractivity contribution in [3.63, 3.8) is 0 Å². The van der Waals surface area contributed by atoms with Crippen LogP contribution in [0, 0.1) is 0 Å². The van der Waals surface area contributed by atoms with Crippen LogP contribution in [0.1, 0.15) is 43.8 Å². The highest BCUT2D eigenvalue weighted by Gasteiger charge is 2.24. The molecule has 24 heavy (non-hydrogen) atoms. The summed E-state index contributed by atoms with van der Waals surface area (Å²) in [5.74, 6) is 1.66. The molecule has 1 aliphatic rings. The Balaban J connectivity index is 1.76. The Labute approximate surface area is 142 Å². The first kappa shape index (κ1) is 16.9. The summed E-state index contributed by atoms with van der Waals surface area (Å²) in [7, 11) is 0. The Morgan fingerprint density at radius 1 is 1.25 bits per heavy atom. The fourth-order valence-corrected chi connectivity index (χ4v) is 3.09. The summed E-state index contributed by atoms with van der Waals surface area (Å²) >= 11 is 0. The standard InChI is InChI=1S/C18H25N3O3/c1-2-15(13-22)21(16-6-4-3-5-7-16)12-17-19-18(24-20-17)14-8-10-23-11-9-14/h3-7,14-15,22H,2,8-13H2,1H3. The first-order chi connectivity index (χ1) is 11.8. The lowest BCUT2D eigenvalue weighted by molar-refractivity contribution is 0.0778. The van der Waals surface area contributed by atoms with Crippen LogP contribution in [0.15, 0.2) is 34.9 Å². The first-order valence-electron chi connectivity index (χ1n) is 8.64. The fraction of sp³-hybridized carbons (Fsp3) is 0.556. The second-order valence-electron chi connectivity index (χ2n) is 6.14. The van der Waals surface area contributed by atoms with Gasteiger partial charge in [-0.3, -0.25) is 0 Å². The highest BCUT2D eigenvalue weighted by molar-refractivity contribution is 5.47. The van der Waals surface area contributed by atoms with E-state index in [1.165, 1.54) is 0 Å². The van der Waals surface area contributed by atoms with Gasteiger partial charge in [0.15, 0.2) is 5.82 Å². The monoisotopic (exact) mass is 331 g/mol. The molecule has 1 atom stereocenters. The van der Waals surface area contributed by atoms with Crippen LogP contribution in [0.4, 0.5) is 5.69 Å². The zero-order valence-corrected chi connectivity index (χ0v) is 14.1. The molecule has 1 unspecified atom stereocenters. The van der Waals surface area contributed by atoms with Gasteiger partial charge in [0, 0.05) is 24.8 Å². The number of benzene rings is 1. The molecule has 1 fully saturated rings. The first-order valence-corrected chi connectivity index (χ1v) is 8.64. The summed E-state index contributed by atoms with van der Waals surface area (Å²) < 4.78 is 10.9. The van der Waals surface area contributed by atoms with Gasteiger partial charge in [-0.1, -0.05) is 30.3 Å². The van der Waals surface area contributed by atoms with Gasteiger partial charge in [-0.05, 0) is 31.4 Å². The largest absolute Gasteiger partial charge is 0.394 e. The third kappa shape index (κ3) is 3.94. The molecule has 0 amide bonds. The van der Waals surface area contributed by atoms with Crippen molar-refractivity contribution in [1.29, 1.82) is 0 Å². The van der Waals surface area contributed by atoms with Crippen LogP contribution in [-0.2, 0) is 11.3 Å². The van der Waals surface area contributed by atoms with Crippen molar-refractivity contribution >= 4 is 5.69 Å². The number of rotatable bonds is 7. The molecule has 1 saturated heterocycles. The Kier molecular flexibility index (Phi) is 5.82. The molecular formula is C18H25N3O3. The molecule has 1 aromatic heterocycles. The molecule has 0 spiro atoms. The van der Waals surface area contributed by atoms with E-state index in [-0.39, 0.29) is 12.6 Å².